The van der Waals surface area contributed by atoms with Crippen LogP contribution in [0, 0.1) is 29.4 Å². The number of carbonyl (C=O) groups is 1. The van der Waals surface area contributed by atoms with Crippen molar-refractivity contribution in [2.24, 2.45) is 17.8 Å². The number of ether oxygens (including phenoxy) is 1. The Morgan fingerprint density at radius 1 is 1.00 bits per heavy atom. The van der Waals surface area contributed by atoms with E-state index in [2.05, 4.69) is 6.92 Å². The van der Waals surface area contributed by atoms with Gasteiger partial charge in [0, 0.05) is 15.6 Å². The standard InChI is InChI=1S/C21H30F2O2Si/c1-2-26-18-10-7-15(8-11-18)14-3-5-16(6-4-14)21(24)25-17-9-12-19(22)20(23)13-17/h9,12-16,18H,2-8,10-11,26H2,1H3. The smallest absolute Gasteiger partial charge is 0.314 e. The predicted octanol–water partition coefficient (Wildman–Crippen LogP) is 5.26. The first-order chi connectivity index (χ1) is 12.6. The number of hydrogen-bond acceptors (Lipinski definition) is 2. The van der Waals surface area contributed by atoms with Crippen molar-refractivity contribution in [1.29, 1.82) is 0 Å². The lowest BCUT2D eigenvalue weighted by Crippen LogP contribution is -2.30. The molecule has 26 heavy (non-hydrogen) atoms. The highest BCUT2D eigenvalue weighted by Gasteiger charge is 2.33. The average molecular weight is 381 g/mol. The molecule has 2 aliphatic rings. The van der Waals surface area contributed by atoms with Gasteiger partial charge in [-0.05, 0) is 49.7 Å². The Morgan fingerprint density at radius 3 is 2.19 bits per heavy atom. The molecule has 2 nitrogen and oxygen atoms in total. The number of rotatable bonds is 5. The van der Waals surface area contributed by atoms with Gasteiger partial charge in [-0.2, -0.15) is 0 Å². The van der Waals surface area contributed by atoms with Crippen LogP contribution in [0.1, 0.15) is 58.3 Å². The minimum absolute atomic E-state index is 0.0921. The largest absolute Gasteiger partial charge is 0.426 e. The second-order valence-electron chi connectivity index (χ2n) is 8.18. The van der Waals surface area contributed by atoms with Crippen LogP contribution < -0.4 is 4.74 Å². The van der Waals surface area contributed by atoms with Gasteiger partial charge in [0.2, 0.25) is 0 Å². The molecule has 0 heterocycles. The van der Waals surface area contributed by atoms with Crippen LogP contribution in [0.3, 0.4) is 0 Å². The molecular weight excluding hydrogens is 350 g/mol. The Labute approximate surface area is 157 Å². The summed E-state index contributed by atoms with van der Waals surface area (Å²) in [6.07, 6.45) is 9.54. The molecule has 1 aromatic rings. The summed E-state index contributed by atoms with van der Waals surface area (Å²) in [5.41, 5.74) is 1.07. The number of halogens is 2. The van der Waals surface area contributed by atoms with Crippen LogP contribution in [0.4, 0.5) is 8.78 Å². The second-order valence-corrected chi connectivity index (χ2v) is 10.9. The van der Waals surface area contributed by atoms with E-state index in [9.17, 15) is 13.6 Å². The van der Waals surface area contributed by atoms with E-state index in [1.807, 2.05) is 0 Å². The molecule has 0 aliphatic heterocycles. The molecule has 0 amide bonds. The van der Waals surface area contributed by atoms with Crippen molar-refractivity contribution in [2.45, 2.75) is 69.9 Å². The second kappa shape index (κ2) is 9.11. The lowest BCUT2D eigenvalue weighted by atomic mass is 9.71. The maximum absolute atomic E-state index is 13.2. The van der Waals surface area contributed by atoms with Crippen LogP contribution >= 0.6 is 0 Å². The molecule has 5 heteroatoms. The highest BCUT2D eigenvalue weighted by molar-refractivity contribution is 6.37. The predicted molar refractivity (Wildman–Crippen MR) is 102 cm³/mol. The molecule has 0 atom stereocenters. The molecule has 2 saturated carbocycles. The van der Waals surface area contributed by atoms with Gasteiger partial charge in [-0.15, -0.1) is 0 Å². The molecule has 2 fully saturated rings. The highest BCUT2D eigenvalue weighted by Crippen LogP contribution is 2.43. The Balaban J connectivity index is 1.44. The van der Waals surface area contributed by atoms with E-state index in [0.717, 1.165) is 55.2 Å². The third-order valence-corrected chi connectivity index (χ3v) is 8.68. The summed E-state index contributed by atoms with van der Waals surface area (Å²) in [7, 11) is 0.160. The van der Waals surface area contributed by atoms with Gasteiger partial charge in [0.05, 0.1) is 5.92 Å². The van der Waals surface area contributed by atoms with Gasteiger partial charge in [0.15, 0.2) is 11.6 Å². The van der Waals surface area contributed by atoms with Crippen molar-refractivity contribution in [3.05, 3.63) is 29.8 Å². The van der Waals surface area contributed by atoms with Gasteiger partial charge < -0.3 is 4.74 Å². The zero-order chi connectivity index (χ0) is 18.5. The number of hydrogen-bond donors (Lipinski definition) is 0. The van der Waals surface area contributed by atoms with Gasteiger partial charge in [-0.1, -0.05) is 44.2 Å². The molecule has 0 bridgehead atoms. The molecule has 0 radical (unpaired) electrons. The fraction of sp³-hybridized carbons (Fsp3) is 0.667. The van der Waals surface area contributed by atoms with Crippen LogP contribution in [0.25, 0.3) is 0 Å². The van der Waals surface area contributed by atoms with Gasteiger partial charge >= 0.3 is 5.97 Å². The highest BCUT2D eigenvalue weighted by atomic mass is 28.2. The van der Waals surface area contributed by atoms with Crippen LogP contribution in [0.5, 0.6) is 5.75 Å². The summed E-state index contributed by atoms with van der Waals surface area (Å²) >= 11 is 0. The average Bonchev–Trinajstić information content (AvgIpc) is 2.66. The zero-order valence-corrected chi connectivity index (χ0v) is 17.1. The van der Waals surface area contributed by atoms with Crippen LogP contribution in [0.2, 0.25) is 11.6 Å². The molecule has 1 aromatic carbocycles. The maximum Gasteiger partial charge on any atom is 0.314 e. The molecule has 0 spiro atoms. The molecule has 0 N–H and O–H groups in total. The summed E-state index contributed by atoms with van der Waals surface area (Å²) < 4.78 is 31.5. The minimum atomic E-state index is -0.985. The summed E-state index contributed by atoms with van der Waals surface area (Å²) in [4.78, 5) is 12.3. The summed E-state index contributed by atoms with van der Waals surface area (Å²) in [5.74, 6) is -0.626. The van der Waals surface area contributed by atoms with Crippen molar-refractivity contribution in [3.63, 3.8) is 0 Å². The molecule has 0 aromatic heterocycles. The van der Waals surface area contributed by atoms with Crippen molar-refractivity contribution < 1.29 is 18.3 Å². The first-order valence-electron chi connectivity index (χ1n) is 10.2. The van der Waals surface area contributed by atoms with E-state index in [-0.39, 0.29) is 27.2 Å². The molecule has 3 rings (SSSR count). The number of esters is 1. The Kier molecular flexibility index (Phi) is 6.84. The fourth-order valence-corrected chi connectivity index (χ4v) is 6.79. The lowest BCUT2D eigenvalue weighted by molar-refractivity contribution is -0.140. The number of carbonyl (C=O) groups excluding carboxylic acids is 1. The van der Waals surface area contributed by atoms with Crippen molar-refractivity contribution in [1.82, 2.24) is 0 Å². The first kappa shape index (κ1) is 19.5. The van der Waals surface area contributed by atoms with Crippen LogP contribution in [-0.2, 0) is 4.79 Å². The third-order valence-electron chi connectivity index (χ3n) is 6.47. The van der Waals surface area contributed by atoms with Crippen molar-refractivity contribution in [3.8, 4) is 5.75 Å². The minimum Gasteiger partial charge on any atom is -0.426 e. The van der Waals surface area contributed by atoms with Gasteiger partial charge in [0.25, 0.3) is 0 Å². The normalized spacial score (nSPS) is 29.8. The first-order valence-corrected chi connectivity index (χ1v) is 12.0. The van der Waals surface area contributed by atoms with E-state index in [1.165, 1.54) is 37.8 Å². The topological polar surface area (TPSA) is 26.3 Å². The quantitative estimate of drug-likeness (QED) is 0.395. The molecule has 0 unspecified atom stereocenters. The molecule has 144 valence electrons. The lowest BCUT2D eigenvalue weighted by Gasteiger charge is -2.37. The van der Waals surface area contributed by atoms with E-state index in [1.54, 1.807) is 0 Å². The summed E-state index contributed by atoms with van der Waals surface area (Å²) in [6, 6.07) is 4.67. The van der Waals surface area contributed by atoms with Crippen LogP contribution in [0.15, 0.2) is 18.2 Å². The molecule has 0 saturated heterocycles. The maximum atomic E-state index is 13.2. The fourth-order valence-electron chi connectivity index (χ4n) is 4.92. The van der Waals surface area contributed by atoms with Gasteiger partial charge in [0.1, 0.15) is 5.75 Å². The Morgan fingerprint density at radius 2 is 1.62 bits per heavy atom. The summed E-state index contributed by atoms with van der Waals surface area (Å²) in [6.45, 7) is 2.33. The van der Waals surface area contributed by atoms with Crippen LogP contribution in [-0.4, -0.2) is 15.5 Å². The van der Waals surface area contributed by atoms with E-state index in [4.69, 9.17) is 4.74 Å². The zero-order valence-electron chi connectivity index (χ0n) is 15.7. The van der Waals surface area contributed by atoms with Crippen molar-refractivity contribution in [2.75, 3.05) is 0 Å². The van der Waals surface area contributed by atoms with Gasteiger partial charge in [-0.3, -0.25) is 4.79 Å². The monoisotopic (exact) mass is 380 g/mol. The van der Waals surface area contributed by atoms with E-state index in [0.29, 0.717) is 0 Å². The van der Waals surface area contributed by atoms with Crippen molar-refractivity contribution >= 4 is 15.5 Å². The molecule has 2 aliphatic carbocycles. The Hall–Kier alpha value is -1.23. The SMILES string of the molecule is CC[SiH2]C1CCC(C2CCC(C(=O)Oc3ccc(F)c(F)c3)CC2)CC1. The number of benzene rings is 1. The van der Waals surface area contributed by atoms with Gasteiger partial charge in [-0.25, -0.2) is 8.78 Å². The third kappa shape index (κ3) is 4.93. The van der Waals surface area contributed by atoms with E-state index >= 15 is 0 Å². The molecular formula is C21H30F2O2Si. The van der Waals surface area contributed by atoms with E-state index < -0.39 is 11.6 Å². The summed E-state index contributed by atoms with van der Waals surface area (Å²) in [5, 5.41) is 0. The Bertz CT molecular complexity index is 606.